The number of hydrogen-bond acceptors (Lipinski definition) is 3. The van der Waals surface area contributed by atoms with Crippen molar-refractivity contribution in [2.45, 2.75) is 56.2 Å². The van der Waals surface area contributed by atoms with Gasteiger partial charge in [-0.3, -0.25) is 0 Å². The van der Waals surface area contributed by atoms with Gasteiger partial charge >= 0.3 is 6.03 Å². The van der Waals surface area contributed by atoms with Gasteiger partial charge in [0.05, 0.1) is 30.4 Å². The second-order valence-corrected chi connectivity index (χ2v) is 11.5. The Morgan fingerprint density at radius 1 is 1.11 bits per heavy atom. The van der Waals surface area contributed by atoms with Crippen LogP contribution in [0, 0.1) is 29.5 Å². The van der Waals surface area contributed by atoms with Crippen molar-refractivity contribution < 1.29 is 14.3 Å². The smallest absolute Gasteiger partial charge is 0.319 e. The van der Waals surface area contributed by atoms with Gasteiger partial charge in [-0.2, -0.15) is 0 Å². The number of benzene rings is 2. The molecule has 2 heterocycles. The van der Waals surface area contributed by atoms with Crippen LogP contribution in [0.1, 0.15) is 50.1 Å². The minimum absolute atomic E-state index is 0.111. The predicted octanol–water partition coefficient (Wildman–Crippen LogP) is 5.36. The summed E-state index contributed by atoms with van der Waals surface area (Å²) < 4.78 is 15.4. The van der Waals surface area contributed by atoms with Gasteiger partial charge in [-0.1, -0.05) is 24.3 Å². The van der Waals surface area contributed by atoms with Crippen molar-refractivity contribution in [3.63, 3.8) is 0 Å². The zero-order valence-electron chi connectivity index (χ0n) is 20.1. The highest BCUT2D eigenvalue weighted by molar-refractivity contribution is 5.89. The molecule has 0 spiro atoms. The molecule has 2 aromatic carbocycles. The number of halogens is 1. The van der Waals surface area contributed by atoms with E-state index < -0.39 is 6.10 Å². The fraction of sp³-hybridized carbons (Fsp3) is 0.448. The molecule has 4 bridgehead atoms. The van der Waals surface area contributed by atoms with Gasteiger partial charge in [-0.15, -0.1) is 0 Å². The normalized spacial score (nSPS) is 32.1. The summed E-state index contributed by atoms with van der Waals surface area (Å²) in [6.45, 7) is 0. The van der Waals surface area contributed by atoms with Crippen LogP contribution in [0.15, 0.2) is 61.1 Å². The van der Waals surface area contributed by atoms with Crippen LogP contribution in [0.4, 0.5) is 14.9 Å². The Balaban J connectivity index is 1.07. The van der Waals surface area contributed by atoms with Crippen LogP contribution in [0.5, 0.6) is 0 Å². The van der Waals surface area contributed by atoms with Gasteiger partial charge in [0.25, 0.3) is 0 Å². The Kier molecular flexibility index (Phi) is 5.00. The summed E-state index contributed by atoms with van der Waals surface area (Å²) in [6, 6.07) is 14.2. The molecule has 4 fully saturated rings. The third kappa shape index (κ3) is 3.55. The van der Waals surface area contributed by atoms with E-state index in [2.05, 4.69) is 44.5 Å². The number of anilines is 1. The molecular weight excluding hydrogens is 455 g/mol. The number of rotatable bonds is 5. The van der Waals surface area contributed by atoms with Crippen molar-refractivity contribution in [2.75, 3.05) is 5.32 Å². The lowest BCUT2D eigenvalue weighted by Gasteiger charge is -2.61. The highest BCUT2D eigenvalue weighted by Gasteiger charge is 2.57. The van der Waals surface area contributed by atoms with Gasteiger partial charge in [0.2, 0.25) is 0 Å². The Hall–Kier alpha value is -3.19. The van der Waals surface area contributed by atoms with Crippen molar-refractivity contribution in [1.29, 1.82) is 0 Å². The molecule has 5 aliphatic rings. The molecule has 6 nitrogen and oxygen atoms in total. The van der Waals surface area contributed by atoms with E-state index in [4.69, 9.17) is 0 Å². The lowest BCUT2D eigenvalue weighted by atomic mass is 9.48. The minimum Gasteiger partial charge on any atom is -0.393 e. The van der Waals surface area contributed by atoms with Crippen molar-refractivity contribution in [1.82, 2.24) is 14.9 Å². The molecule has 2 amide bonds. The number of nitrogens with one attached hydrogen (secondary N) is 2. The maximum absolute atomic E-state index is 13.2. The number of fused-ring (bicyclic) bond motifs is 3. The first-order valence-electron chi connectivity index (χ1n) is 13.1. The van der Waals surface area contributed by atoms with Crippen LogP contribution in [-0.2, 0) is 0 Å². The number of aromatic nitrogens is 2. The van der Waals surface area contributed by atoms with Gasteiger partial charge in [0.1, 0.15) is 5.82 Å². The van der Waals surface area contributed by atoms with E-state index in [1.54, 1.807) is 12.1 Å². The van der Waals surface area contributed by atoms with Gasteiger partial charge < -0.3 is 20.3 Å². The molecule has 0 saturated heterocycles. The quantitative estimate of drug-likeness (QED) is 0.454. The second kappa shape index (κ2) is 8.17. The average Bonchev–Trinajstić information content (AvgIpc) is 3.42. The van der Waals surface area contributed by atoms with Crippen LogP contribution in [0.3, 0.4) is 0 Å². The van der Waals surface area contributed by atoms with E-state index in [-0.39, 0.29) is 29.3 Å². The standard InChI is InChI=1S/C29H31FN4O2/c30-20-5-7-21(8-6-20)32-28(36)33-29-12-17-9-18(13-29)27(19(10-17)14-29)26(35)11-24-22-3-1-2-4-23(22)25-15-31-16-34(24)25/h1-8,15-19,24,26-27,35H,9-14H2,(H2,32,33,36)/t17?,18?,19?,24?,26-,27?,29?/m0/s1. The van der Waals surface area contributed by atoms with E-state index in [9.17, 15) is 14.3 Å². The van der Waals surface area contributed by atoms with Gasteiger partial charge in [0, 0.05) is 16.8 Å². The monoisotopic (exact) mass is 486 g/mol. The average molecular weight is 487 g/mol. The molecule has 4 atom stereocenters. The molecular formula is C29H31FN4O2. The van der Waals surface area contributed by atoms with Crippen LogP contribution in [0.2, 0.25) is 0 Å². The van der Waals surface area contributed by atoms with Gasteiger partial charge in [0.15, 0.2) is 0 Å². The molecule has 186 valence electrons. The number of nitrogens with zero attached hydrogens (tertiary/aromatic N) is 2. The summed E-state index contributed by atoms with van der Waals surface area (Å²) in [7, 11) is 0. The summed E-state index contributed by atoms with van der Waals surface area (Å²) in [5.74, 6) is 1.37. The number of amides is 2. The summed E-state index contributed by atoms with van der Waals surface area (Å²) >= 11 is 0. The first kappa shape index (κ1) is 22.0. The molecule has 4 aliphatic carbocycles. The zero-order chi connectivity index (χ0) is 24.4. The van der Waals surface area contributed by atoms with Crippen molar-refractivity contribution in [2.24, 2.45) is 23.7 Å². The van der Waals surface area contributed by atoms with Crippen LogP contribution < -0.4 is 10.6 Å². The summed E-state index contributed by atoms with van der Waals surface area (Å²) in [4.78, 5) is 17.2. The van der Waals surface area contributed by atoms with E-state index in [0.717, 1.165) is 37.8 Å². The maximum atomic E-state index is 13.2. The molecule has 7 heteroatoms. The highest BCUT2D eigenvalue weighted by atomic mass is 19.1. The lowest BCUT2D eigenvalue weighted by molar-refractivity contribution is -0.108. The van der Waals surface area contributed by atoms with E-state index in [1.165, 1.54) is 23.3 Å². The summed E-state index contributed by atoms with van der Waals surface area (Å²) in [5.41, 5.74) is 3.99. The Morgan fingerprint density at radius 2 is 1.86 bits per heavy atom. The molecule has 3 N–H and O–H groups in total. The molecule has 1 aliphatic heterocycles. The number of urea groups is 1. The molecule has 0 radical (unpaired) electrons. The van der Waals surface area contributed by atoms with E-state index in [1.807, 2.05) is 12.5 Å². The SMILES string of the molecule is O=C(Nc1ccc(F)cc1)NC12CC3CC(C1)C([C@@H](O)CC1c4ccccc4-c4cncn41)C(C3)C2. The Labute approximate surface area is 209 Å². The molecule has 3 aromatic rings. The third-order valence-corrected chi connectivity index (χ3v) is 9.33. The number of aliphatic hydroxyl groups excluding tert-OH is 1. The summed E-state index contributed by atoms with van der Waals surface area (Å²) in [6.07, 6.45) is 9.21. The Morgan fingerprint density at radius 3 is 2.64 bits per heavy atom. The zero-order valence-corrected chi connectivity index (χ0v) is 20.1. The first-order chi connectivity index (χ1) is 17.5. The first-order valence-corrected chi connectivity index (χ1v) is 13.1. The van der Waals surface area contributed by atoms with Crippen molar-refractivity contribution >= 4 is 11.7 Å². The minimum atomic E-state index is -0.392. The highest BCUT2D eigenvalue weighted by Crippen LogP contribution is 2.60. The molecule has 1 aromatic heterocycles. The lowest BCUT2D eigenvalue weighted by Crippen LogP contribution is -2.64. The van der Waals surface area contributed by atoms with Crippen LogP contribution in [-0.4, -0.2) is 32.3 Å². The Bertz CT molecular complexity index is 1290. The number of carbonyl (C=O) groups excluding carboxylic acids is 1. The number of aliphatic hydroxyl groups is 1. The summed E-state index contributed by atoms with van der Waals surface area (Å²) in [5, 5.41) is 17.8. The third-order valence-electron chi connectivity index (χ3n) is 9.33. The van der Waals surface area contributed by atoms with Gasteiger partial charge in [-0.05, 0) is 92.0 Å². The molecule has 8 rings (SSSR count). The number of imidazole rings is 1. The van der Waals surface area contributed by atoms with Crippen LogP contribution >= 0.6 is 0 Å². The molecule has 4 saturated carbocycles. The fourth-order valence-electron chi connectivity index (χ4n) is 8.34. The number of hydrogen-bond donors (Lipinski definition) is 3. The van der Waals surface area contributed by atoms with Gasteiger partial charge in [-0.25, -0.2) is 14.2 Å². The van der Waals surface area contributed by atoms with Crippen molar-refractivity contribution in [3.8, 4) is 11.3 Å². The maximum Gasteiger partial charge on any atom is 0.319 e. The largest absolute Gasteiger partial charge is 0.393 e. The predicted molar refractivity (Wildman–Crippen MR) is 135 cm³/mol. The van der Waals surface area contributed by atoms with Crippen LogP contribution in [0.25, 0.3) is 11.3 Å². The topological polar surface area (TPSA) is 79.2 Å². The molecule has 36 heavy (non-hydrogen) atoms. The van der Waals surface area contributed by atoms with E-state index in [0.29, 0.717) is 29.9 Å². The molecule has 3 unspecified atom stereocenters. The van der Waals surface area contributed by atoms with Crippen molar-refractivity contribution in [3.05, 3.63) is 72.4 Å². The second-order valence-electron chi connectivity index (χ2n) is 11.5. The van der Waals surface area contributed by atoms with E-state index >= 15 is 0 Å². The fourth-order valence-corrected chi connectivity index (χ4v) is 8.34. The number of carbonyl (C=O) groups is 1.